The summed E-state index contributed by atoms with van der Waals surface area (Å²) in [6.45, 7) is 0. The standard InChI is InChI=1S/C11H13ClN4O/c1-13-10(11-14-6-15-16-11)8-5-7(12)3-4-9(8)17-2/h3-6,10,13H,1-2H3,(H,14,15,16). The fourth-order valence-electron chi connectivity index (χ4n) is 1.72. The van der Waals surface area contributed by atoms with Gasteiger partial charge in [-0.15, -0.1) is 0 Å². The minimum atomic E-state index is -0.133. The van der Waals surface area contributed by atoms with Crippen molar-refractivity contribution in [2.45, 2.75) is 6.04 Å². The Morgan fingerprint density at radius 3 is 2.88 bits per heavy atom. The van der Waals surface area contributed by atoms with E-state index in [-0.39, 0.29) is 6.04 Å². The lowest BCUT2D eigenvalue weighted by atomic mass is 10.1. The topological polar surface area (TPSA) is 62.8 Å². The van der Waals surface area contributed by atoms with Gasteiger partial charge in [0.15, 0.2) is 0 Å². The van der Waals surface area contributed by atoms with Crippen LogP contribution in [0.5, 0.6) is 5.75 Å². The molecule has 1 atom stereocenters. The summed E-state index contributed by atoms with van der Waals surface area (Å²) < 4.78 is 5.32. The average Bonchev–Trinajstić information content (AvgIpc) is 2.84. The summed E-state index contributed by atoms with van der Waals surface area (Å²) in [5, 5.41) is 10.5. The zero-order valence-electron chi connectivity index (χ0n) is 9.57. The zero-order valence-corrected chi connectivity index (χ0v) is 10.3. The monoisotopic (exact) mass is 252 g/mol. The summed E-state index contributed by atoms with van der Waals surface area (Å²) in [5.41, 5.74) is 0.916. The fraction of sp³-hybridized carbons (Fsp3) is 0.273. The molecule has 2 N–H and O–H groups in total. The SMILES string of the molecule is CNC(c1ncn[nH]1)c1cc(Cl)ccc1OC. The number of ether oxygens (including phenoxy) is 1. The van der Waals surface area contributed by atoms with Crippen molar-refractivity contribution in [1.29, 1.82) is 0 Å². The van der Waals surface area contributed by atoms with Gasteiger partial charge in [-0.25, -0.2) is 4.98 Å². The van der Waals surface area contributed by atoms with Gasteiger partial charge in [0.25, 0.3) is 0 Å². The summed E-state index contributed by atoms with van der Waals surface area (Å²) in [6.07, 6.45) is 1.47. The molecule has 5 nitrogen and oxygen atoms in total. The fourth-order valence-corrected chi connectivity index (χ4v) is 1.90. The van der Waals surface area contributed by atoms with E-state index in [4.69, 9.17) is 16.3 Å². The average molecular weight is 253 g/mol. The maximum Gasteiger partial charge on any atom is 0.146 e. The second-order valence-corrected chi connectivity index (χ2v) is 3.92. The molecule has 0 aliphatic carbocycles. The first-order valence-electron chi connectivity index (χ1n) is 5.12. The zero-order chi connectivity index (χ0) is 12.3. The molecule has 1 aromatic heterocycles. The van der Waals surface area contributed by atoms with E-state index < -0.39 is 0 Å². The Hall–Kier alpha value is -1.59. The predicted molar refractivity (Wildman–Crippen MR) is 65.3 cm³/mol. The molecule has 2 aromatic rings. The maximum atomic E-state index is 6.01. The number of aromatic nitrogens is 3. The van der Waals surface area contributed by atoms with Gasteiger partial charge in [-0.2, -0.15) is 5.10 Å². The van der Waals surface area contributed by atoms with Crippen LogP contribution in [-0.4, -0.2) is 29.3 Å². The van der Waals surface area contributed by atoms with Crippen molar-refractivity contribution in [3.63, 3.8) is 0 Å². The lowest BCUT2D eigenvalue weighted by molar-refractivity contribution is 0.404. The Balaban J connectivity index is 2.46. The number of nitrogens with zero attached hydrogens (tertiary/aromatic N) is 2. The van der Waals surface area contributed by atoms with Crippen LogP contribution in [0.15, 0.2) is 24.5 Å². The van der Waals surface area contributed by atoms with Crippen LogP contribution >= 0.6 is 11.6 Å². The van der Waals surface area contributed by atoms with Gasteiger partial charge < -0.3 is 10.1 Å². The van der Waals surface area contributed by atoms with Gasteiger partial charge in [-0.05, 0) is 25.2 Å². The van der Waals surface area contributed by atoms with Crippen molar-refractivity contribution >= 4 is 11.6 Å². The quantitative estimate of drug-likeness (QED) is 0.871. The molecule has 0 amide bonds. The Kier molecular flexibility index (Phi) is 3.61. The molecule has 0 aliphatic rings. The minimum absolute atomic E-state index is 0.133. The number of aromatic amines is 1. The summed E-state index contributed by atoms with van der Waals surface area (Å²) in [4.78, 5) is 4.14. The summed E-state index contributed by atoms with van der Waals surface area (Å²) in [6, 6.07) is 5.34. The highest BCUT2D eigenvalue weighted by Gasteiger charge is 2.19. The van der Waals surface area contributed by atoms with Crippen molar-refractivity contribution in [2.75, 3.05) is 14.2 Å². The van der Waals surface area contributed by atoms with Crippen molar-refractivity contribution in [2.24, 2.45) is 0 Å². The van der Waals surface area contributed by atoms with E-state index in [1.54, 1.807) is 13.2 Å². The Bertz CT molecular complexity index is 486. The van der Waals surface area contributed by atoms with Gasteiger partial charge in [0, 0.05) is 10.6 Å². The van der Waals surface area contributed by atoms with Crippen LogP contribution < -0.4 is 10.1 Å². The molecule has 0 radical (unpaired) electrons. The van der Waals surface area contributed by atoms with Crippen molar-refractivity contribution in [3.05, 3.63) is 40.9 Å². The highest BCUT2D eigenvalue weighted by Crippen LogP contribution is 2.30. The second-order valence-electron chi connectivity index (χ2n) is 3.48. The number of hydrogen-bond donors (Lipinski definition) is 2. The van der Waals surface area contributed by atoms with Crippen LogP contribution in [-0.2, 0) is 0 Å². The Morgan fingerprint density at radius 2 is 2.29 bits per heavy atom. The molecule has 90 valence electrons. The van der Waals surface area contributed by atoms with Crippen molar-refractivity contribution in [3.8, 4) is 5.75 Å². The van der Waals surface area contributed by atoms with Crippen LogP contribution in [0.2, 0.25) is 5.02 Å². The molecule has 17 heavy (non-hydrogen) atoms. The molecule has 6 heteroatoms. The summed E-state index contributed by atoms with van der Waals surface area (Å²) in [7, 11) is 3.47. The summed E-state index contributed by atoms with van der Waals surface area (Å²) >= 11 is 6.01. The third-order valence-corrected chi connectivity index (χ3v) is 2.73. The Labute approximate surface area is 104 Å². The first kappa shape index (κ1) is 11.9. The Morgan fingerprint density at radius 1 is 1.47 bits per heavy atom. The summed E-state index contributed by atoms with van der Waals surface area (Å²) in [5.74, 6) is 1.47. The molecule has 1 heterocycles. The van der Waals surface area contributed by atoms with E-state index in [9.17, 15) is 0 Å². The van der Waals surface area contributed by atoms with E-state index in [0.717, 1.165) is 11.3 Å². The second kappa shape index (κ2) is 5.16. The maximum absolute atomic E-state index is 6.01. The number of halogens is 1. The lowest BCUT2D eigenvalue weighted by Crippen LogP contribution is -2.19. The number of H-pyrrole nitrogens is 1. The first-order valence-corrected chi connectivity index (χ1v) is 5.50. The van der Waals surface area contributed by atoms with Crippen molar-refractivity contribution < 1.29 is 4.74 Å². The molecule has 0 spiro atoms. The molecule has 0 fully saturated rings. The van der Waals surface area contributed by atoms with E-state index >= 15 is 0 Å². The van der Waals surface area contributed by atoms with Gasteiger partial charge in [-0.3, -0.25) is 5.10 Å². The van der Waals surface area contributed by atoms with Crippen LogP contribution in [0.1, 0.15) is 17.4 Å². The number of nitrogens with one attached hydrogen (secondary N) is 2. The first-order chi connectivity index (χ1) is 8.26. The molecule has 1 unspecified atom stereocenters. The van der Waals surface area contributed by atoms with E-state index in [0.29, 0.717) is 10.8 Å². The van der Waals surface area contributed by atoms with Gasteiger partial charge in [0.2, 0.25) is 0 Å². The van der Waals surface area contributed by atoms with Gasteiger partial charge >= 0.3 is 0 Å². The highest BCUT2D eigenvalue weighted by atomic mass is 35.5. The molecule has 2 rings (SSSR count). The van der Waals surface area contributed by atoms with E-state index in [1.807, 2.05) is 19.2 Å². The lowest BCUT2D eigenvalue weighted by Gasteiger charge is -2.17. The van der Waals surface area contributed by atoms with Crippen LogP contribution in [0, 0.1) is 0 Å². The van der Waals surface area contributed by atoms with Crippen LogP contribution in [0.3, 0.4) is 0 Å². The molecule has 0 bridgehead atoms. The highest BCUT2D eigenvalue weighted by molar-refractivity contribution is 6.30. The molecular weight excluding hydrogens is 240 g/mol. The number of hydrogen-bond acceptors (Lipinski definition) is 4. The predicted octanol–water partition coefficient (Wildman–Crippen LogP) is 1.78. The number of methoxy groups -OCH3 is 1. The largest absolute Gasteiger partial charge is 0.496 e. The third-order valence-electron chi connectivity index (χ3n) is 2.50. The smallest absolute Gasteiger partial charge is 0.146 e. The van der Waals surface area contributed by atoms with E-state index in [2.05, 4.69) is 20.5 Å². The molecular formula is C11H13ClN4O. The van der Waals surface area contributed by atoms with Crippen LogP contribution in [0.4, 0.5) is 0 Å². The van der Waals surface area contributed by atoms with Crippen molar-refractivity contribution in [1.82, 2.24) is 20.5 Å². The number of rotatable bonds is 4. The molecule has 1 aromatic carbocycles. The molecule has 0 aliphatic heterocycles. The minimum Gasteiger partial charge on any atom is -0.496 e. The molecule has 0 saturated carbocycles. The van der Waals surface area contributed by atoms with Gasteiger partial charge in [0.1, 0.15) is 17.9 Å². The third kappa shape index (κ3) is 2.40. The normalized spacial score (nSPS) is 12.4. The van der Waals surface area contributed by atoms with Crippen LogP contribution in [0.25, 0.3) is 0 Å². The van der Waals surface area contributed by atoms with E-state index in [1.165, 1.54) is 6.33 Å². The molecule has 0 saturated heterocycles. The van der Waals surface area contributed by atoms with Gasteiger partial charge in [-0.1, -0.05) is 11.6 Å². The van der Waals surface area contributed by atoms with Gasteiger partial charge in [0.05, 0.1) is 13.2 Å². The number of benzene rings is 1.